The third kappa shape index (κ3) is 2.54. The van der Waals surface area contributed by atoms with Crippen molar-refractivity contribution in [2.45, 2.75) is 0 Å². The number of methoxy groups -OCH3 is 2. The Morgan fingerprint density at radius 2 is 1.77 bits per heavy atom. The van der Waals surface area contributed by atoms with Gasteiger partial charge in [0.2, 0.25) is 0 Å². The van der Waals surface area contributed by atoms with Crippen LogP contribution in [-0.4, -0.2) is 30.7 Å². The summed E-state index contributed by atoms with van der Waals surface area (Å²) >= 11 is 0. The second kappa shape index (κ2) is 6.61. The van der Waals surface area contributed by atoms with Crippen molar-refractivity contribution >= 4 is 28.4 Å². The molecule has 130 valence electrons. The molecule has 3 rings (SSSR count). The molecule has 0 saturated carbocycles. The molecule has 7 heteroatoms. The van der Waals surface area contributed by atoms with Gasteiger partial charge < -0.3 is 19.8 Å². The van der Waals surface area contributed by atoms with Crippen molar-refractivity contribution in [3.05, 3.63) is 59.4 Å². The van der Waals surface area contributed by atoms with Gasteiger partial charge in [0.05, 0.1) is 36.7 Å². The zero-order valence-electron chi connectivity index (χ0n) is 14.1. The Labute approximate surface area is 149 Å². The maximum Gasteiger partial charge on any atom is 0.357 e. The fourth-order valence-electron chi connectivity index (χ4n) is 2.88. The van der Waals surface area contributed by atoms with E-state index >= 15 is 0 Å². The number of nitrogen functional groups attached to an aromatic ring is 1. The van der Waals surface area contributed by atoms with Crippen LogP contribution in [0.4, 0.5) is 5.69 Å². The van der Waals surface area contributed by atoms with E-state index in [4.69, 9.17) is 15.2 Å². The number of rotatable bonds is 3. The molecule has 2 N–H and O–H groups in total. The number of hydrogen-bond acceptors (Lipinski definition) is 6. The van der Waals surface area contributed by atoms with E-state index in [0.29, 0.717) is 11.1 Å². The number of benzene rings is 2. The number of ether oxygens (including phenoxy) is 2. The lowest BCUT2D eigenvalue weighted by Gasteiger charge is -2.15. The number of esters is 2. The zero-order valence-corrected chi connectivity index (χ0v) is 14.1. The summed E-state index contributed by atoms with van der Waals surface area (Å²) in [6, 6.07) is 12.7. The number of fused-ring (bicyclic) bond motifs is 1. The number of hydrogen-bond donors (Lipinski definition) is 1. The maximum absolute atomic E-state index is 12.3. The molecule has 1 aromatic heterocycles. The minimum atomic E-state index is -0.715. The van der Waals surface area contributed by atoms with Crippen LogP contribution in [0.2, 0.25) is 0 Å². The van der Waals surface area contributed by atoms with Gasteiger partial charge in [0.25, 0.3) is 0 Å². The summed E-state index contributed by atoms with van der Waals surface area (Å²) in [5, 5.41) is 10.8. The third-order valence-electron chi connectivity index (χ3n) is 4.09. The molecule has 0 amide bonds. The molecule has 0 fully saturated rings. The van der Waals surface area contributed by atoms with E-state index in [9.17, 15) is 14.9 Å². The van der Waals surface area contributed by atoms with Gasteiger partial charge in [-0.3, -0.25) is 0 Å². The average Bonchev–Trinajstić information content (AvgIpc) is 3.01. The molecule has 0 radical (unpaired) electrons. The Morgan fingerprint density at radius 3 is 2.42 bits per heavy atom. The molecule has 3 aromatic rings. The van der Waals surface area contributed by atoms with Crippen LogP contribution in [0.5, 0.6) is 0 Å². The van der Waals surface area contributed by atoms with Gasteiger partial charge in [0, 0.05) is 11.6 Å². The van der Waals surface area contributed by atoms with E-state index < -0.39 is 11.9 Å². The molecule has 1 heterocycles. The van der Waals surface area contributed by atoms with E-state index in [-0.39, 0.29) is 22.5 Å². The SMILES string of the molecule is COC(=O)c1ccc2ccccc2c1-n1cc(C#N)c(N)c1C(=O)OC. The lowest BCUT2D eigenvalue weighted by atomic mass is 10.0. The molecule has 0 aliphatic carbocycles. The Morgan fingerprint density at radius 1 is 1.08 bits per heavy atom. The molecule has 7 nitrogen and oxygen atoms in total. The molecule has 0 aliphatic rings. The first-order valence-electron chi connectivity index (χ1n) is 7.63. The van der Waals surface area contributed by atoms with Crippen LogP contribution in [-0.2, 0) is 9.47 Å². The Bertz CT molecular complexity index is 1080. The standard InChI is InChI=1S/C19H15N3O4/c1-25-18(23)14-8-7-11-5-3-4-6-13(11)16(14)22-10-12(9-20)15(21)17(22)19(24)26-2/h3-8,10H,21H2,1-2H3. The fraction of sp³-hybridized carbons (Fsp3) is 0.105. The second-order valence-electron chi connectivity index (χ2n) is 5.45. The lowest BCUT2D eigenvalue weighted by Crippen LogP contribution is -2.14. The molecule has 0 atom stereocenters. The van der Waals surface area contributed by atoms with E-state index in [1.165, 1.54) is 25.0 Å². The number of nitriles is 1. The van der Waals surface area contributed by atoms with Gasteiger partial charge in [0.1, 0.15) is 6.07 Å². The van der Waals surface area contributed by atoms with E-state index in [1.807, 2.05) is 24.3 Å². The summed E-state index contributed by atoms with van der Waals surface area (Å²) in [6.07, 6.45) is 1.41. The second-order valence-corrected chi connectivity index (χ2v) is 5.45. The summed E-state index contributed by atoms with van der Waals surface area (Å²) in [5.41, 5.74) is 6.67. The van der Waals surface area contributed by atoms with E-state index in [0.717, 1.165) is 5.39 Å². The molecule has 0 spiro atoms. The van der Waals surface area contributed by atoms with Crippen LogP contribution in [0.15, 0.2) is 42.6 Å². The van der Waals surface area contributed by atoms with Gasteiger partial charge in [-0.05, 0) is 11.5 Å². The number of anilines is 1. The first-order valence-corrected chi connectivity index (χ1v) is 7.63. The summed E-state index contributed by atoms with van der Waals surface area (Å²) in [7, 11) is 2.49. The van der Waals surface area contributed by atoms with Crippen LogP contribution in [0.1, 0.15) is 26.4 Å². The third-order valence-corrected chi connectivity index (χ3v) is 4.09. The highest BCUT2D eigenvalue weighted by Crippen LogP contribution is 2.32. The van der Waals surface area contributed by atoms with Crippen LogP contribution in [0.25, 0.3) is 16.5 Å². The predicted molar refractivity (Wildman–Crippen MR) is 95.1 cm³/mol. The van der Waals surface area contributed by atoms with Crippen LogP contribution in [0, 0.1) is 11.3 Å². The molecular weight excluding hydrogens is 334 g/mol. The van der Waals surface area contributed by atoms with Crippen molar-refractivity contribution in [3.8, 4) is 11.8 Å². The highest BCUT2D eigenvalue weighted by atomic mass is 16.5. The van der Waals surface area contributed by atoms with Crippen molar-refractivity contribution in [1.29, 1.82) is 5.26 Å². The molecular formula is C19H15N3O4. The number of nitrogens with two attached hydrogens (primary N) is 1. The quantitative estimate of drug-likeness (QED) is 0.728. The first-order chi connectivity index (χ1) is 12.5. The number of aromatic nitrogens is 1. The average molecular weight is 349 g/mol. The van der Waals surface area contributed by atoms with E-state index in [1.54, 1.807) is 18.2 Å². The maximum atomic E-state index is 12.3. The Kier molecular flexibility index (Phi) is 4.33. The Hall–Kier alpha value is -3.79. The Balaban J connectivity index is 2.47. The molecule has 0 bridgehead atoms. The van der Waals surface area contributed by atoms with Crippen molar-refractivity contribution in [2.75, 3.05) is 20.0 Å². The largest absolute Gasteiger partial charge is 0.465 e. The number of nitrogens with zero attached hydrogens (tertiary/aromatic N) is 2. The fourth-order valence-corrected chi connectivity index (χ4v) is 2.88. The van der Waals surface area contributed by atoms with Gasteiger partial charge in [-0.15, -0.1) is 0 Å². The monoisotopic (exact) mass is 349 g/mol. The smallest absolute Gasteiger partial charge is 0.357 e. The topological polar surface area (TPSA) is 107 Å². The summed E-state index contributed by atoms with van der Waals surface area (Å²) in [4.78, 5) is 24.6. The van der Waals surface area contributed by atoms with E-state index in [2.05, 4.69) is 0 Å². The van der Waals surface area contributed by atoms with Crippen molar-refractivity contribution in [2.24, 2.45) is 0 Å². The highest BCUT2D eigenvalue weighted by Gasteiger charge is 2.26. The number of carbonyl (C=O) groups is 2. The van der Waals surface area contributed by atoms with Gasteiger partial charge in [-0.2, -0.15) is 5.26 Å². The van der Waals surface area contributed by atoms with Gasteiger partial charge >= 0.3 is 11.9 Å². The molecule has 0 saturated heterocycles. The first kappa shape index (κ1) is 17.0. The molecule has 0 aliphatic heterocycles. The lowest BCUT2D eigenvalue weighted by molar-refractivity contribution is 0.0582. The van der Waals surface area contributed by atoms with Crippen LogP contribution < -0.4 is 5.73 Å². The minimum absolute atomic E-state index is 0.0110. The summed E-state index contributed by atoms with van der Waals surface area (Å²) in [6.45, 7) is 0. The van der Waals surface area contributed by atoms with Crippen LogP contribution >= 0.6 is 0 Å². The normalized spacial score (nSPS) is 10.3. The highest BCUT2D eigenvalue weighted by molar-refractivity contribution is 6.05. The predicted octanol–water partition coefficient (Wildman–Crippen LogP) is 2.66. The summed E-state index contributed by atoms with van der Waals surface area (Å²) in [5.74, 6) is -1.29. The van der Waals surface area contributed by atoms with Gasteiger partial charge in [-0.1, -0.05) is 30.3 Å². The van der Waals surface area contributed by atoms with Crippen molar-refractivity contribution < 1.29 is 19.1 Å². The van der Waals surface area contributed by atoms with Gasteiger partial charge in [-0.25, -0.2) is 9.59 Å². The molecule has 2 aromatic carbocycles. The number of carbonyl (C=O) groups excluding carboxylic acids is 2. The molecule has 26 heavy (non-hydrogen) atoms. The zero-order chi connectivity index (χ0) is 18.8. The van der Waals surface area contributed by atoms with Crippen molar-refractivity contribution in [3.63, 3.8) is 0 Å². The van der Waals surface area contributed by atoms with Crippen LogP contribution in [0.3, 0.4) is 0 Å². The summed E-state index contributed by atoms with van der Waals surface area (Å²) < 4.78 is 11.1. The van der Waals surface area contributed by atoms with Crippen molar-refractivity contribution in [1.82, 2.24) is 4.57 Å². The molecule has 0 unspecified atom stereocenters. The van der Waals surface area contributed by atoms with Gasteiger partial charge in [0.15, 0.2) is 5.69 Å². The minimum Gasteiger partial charge on any atom is -0.465 e.